The Morgan fingerprint density at radius 2 is 2.10 bits per heavy atom. The molecule has 2 aromatic heterocycles. The summed E-state index contributed by atoms with van der Waals surface area (Å²) >= 11 is 0. The molecule has 0 aliphatic rings. The van der Waals surface area contributed by atoms with Crippen LogP contribution >= 0.6 is 0 Å². The maximum atomic E-state index is 12.1. The number of H-pyrrole nitrogens is 1. The molecule has 0 saturated heterocycles. The highest BCUT2D eigenvalue weighted by Gasteiger charge is 2.12. The third kappa shape index (κ3) is 1.90. The van der Waals surface area contributed by atoms with Crippen LogP contribution < -0.4 is 11.3 Å². The Bertz CT molecular complexity index is 862. The molecular weight excluding hydrogens is 260 g/mol. The lowest BCUT2D eigenvalue weighted by molar-refractivity contribution is 0.800. The van der Waals surface area contributed by atoms with Crippen molar-refractivity contribution in [3.05, 3.63) is 40.2 Å². The summed E-state index contributed by atoms with van der Waals surface area (Å²) in [5.41, 5.74) is 6.71. The average Bonchev–Trinajstić information content (AvgIpc) is 2.88. The average molecular weight is 270 g/mol. The number of nitrogens with one attached hydrogen (secondary N) is 1. The Morgan fingerprint density at radius 3 is 2.90 bits per heavy atom. The first-order valence-corrected chi connectivity index (χ1v) is 5.73. The number of anilines is 1. The zero-order valence-electron chi connectivity index (χ0n) is 10.5. The second-order valence-electron chi connectivity index (χ2n) is 4.07. The zero-order valence-corrected chi connectivity index (χ0v) is 10.5. The number of benzene rings is 1. The number of aromatic nitrogens is 5. The van der Waals surface area contributed by atoms with E-state index in [4.69, 9.17) is 5.73 Å². The van der Waals surface area contributed by atoms with Crippen molar-refractivity contribution in [1.29, 1.82) is 0 Å². The molecular formula is C11H10N8O. The number of hydrogen-bond acceptors (Lipinski definition) is 7. The van der Waals surface area contributed by atoms with E-state index in [1.54, 1.807) is 6.07 Å². The molecule has 0 aliphatic carbocycles. The molecule has 0 bridgehead atoms. The highest BCUT2D eigenvalue weighted by Crippen LogP contribution is 2.21. The highest BCUT2D eigenvalue weighted by molar-refractivity contribution is 5.58. The first kappa shape index (κ1) is 12.0. The summed E-state index contributed by atoms with van der Waals surface area (Å²) in [5.74, 6) is 0.0450. The van der Waals surface area contributed by atoms with E-state index >= 15 is 0 Å². The van der Waals surface area contributed by atoms with E-state index in [1.807, 2.05) is 25.1 Å². The molecule has 100 valence electrons. The maximum absolute atomic E-state index is 12.1. The van der Waals surface area contributed by atoms with Crippen molar-refractivity contribution in [3.63, 3.8) is 0 Å². The van der Waals surface area contributed by atoms with Crippen LogP contribution in [0.5, 0.6) is 0 Å². The normalized spacial score (nSPS) is 11.4. The Kier molecular flexibility index (Phi) is 2.71. The molecule has 0 aliphatic heterocycles. The van der Waals surface area contributed by atoms with Crippen molar-refractivity contribution in [2.75, 3.05) is 5.73 Å². The number of fused-ring (bicyclic) bond motifs is 1. The molecule has 3 rings (SSSR count). The van der Waals surface area contributed by atoms with Crippen LogP contribution in [0.25, 0.3) is 5.78 Å². The third-order valence-electron chi connectivity index (χ3n) is 2.73. The van der Waals surface area contributed by atoms with Crippen molar-refractivity contribution in [3.8, 4) is 0 Å². The molecule has 3 N–H and O–H groups in total. The maximum Gasteiger partial charge on any atom is 0.305 e. The van der Waals surface area contributed by atoms with Gasteiger partial charge in [0, 0.05) is 0 Å². The van der Waals surface area contributed by atoms with Gasteiger partial charge in [0.2, 0.25) is 0 Å². The number of azo groups is 1. The fraction of sp³-hybridized carbons (Fsp3) is 0.0909. The molecule has 0 radical (unpaired) electrons. The van der Waals surface area contributed by atoms with Gasteiger partial charge in [-0.05, 0) is 23.8 Å². The van der Waals surface area contributed by atoms with Gasteiger partial charge in [0.05, 0.1) is 5.69 Å². The smallest absolute Gasteiger partial charge is 0.305 e. The minimum absolute atomic E-state index is 0.0405. The van der Waals surface area contributed by atoms with E-state index in [2.05, 4.69) is 30.7 Å². The van der Waals surface area contributed by atoms with Gasteiger partial charge in [-0.3, -0.25) is 4.79 Å². The van der Waals surface area contributed by atoms with E-state index in [-0.39, 0.29) is 17.3 Å². The Labute approximate surface area is 112 Å². The highest BCUT2D eigenvalue weighted by atomic mass is 16.1. The number of tetrazole rings is 1. The largest absolute Gasteiger partial charge is 0.382 e. The van der Waals surface area contributed by atoms with Gasteiger partial charge in [-0.25, -0.2) is 0 Å². The summed E-state index contributed by atoms with van der Waals surface area (Å²) in [6.07, 6.45) is 0. The zero-order chi connectivity index (χ0) is 14.1. The number of hydrogen-bond donors (Lipinski definition) is 2. The van der Waals surface area contributed by atoms with Gasteiger partial charge in [0.25, 0.3) is 5.78 Å². The lowest BCUT2D eigenvalue weighted by atomic mass is 10.2. The van der Waals surface area contributed by atoms with Gasteiger partial charge < -0.3 is 5.73 Å². The summed E-state index contributed by atoms with van der Waals surface area (Å²) in [4.78, 5) is 16.0. The number of nitrogens with zero attached hydrogens (tertiary/aromatic N) is 6. The molecule has 3 aromatic rings. The standard InChI is InChI=1S/C11H10N8O/c1-6-4-2-3-5-7(6)14-15-8-9(12)13-11-16-17-18-19(11)10(8)20/h2-5H,12H2,1H3,(H,13,16,18). The lowest BCUT2D eigenvalue weighted by Gasteiger charge is -1.99. The van der Waals surface area contributed by atoms with E-state index in [0.29, 0.717) is 5.69 Å². The fourth-order valence-corrected chi connectivity index (χ4v) is 1.66. The van der Waals surface area contributed by atoms with Crippen LogP contribution in [0.4, 0.5) is 17.2 Å². The Morgan fingerprint density at radius 1 is 1.30 bits per heavy atom. The van der Waals surface area contributed by atoms with Gasteiger partial charge in [0.15, 0.2) is 11.5 Å². The Balaban J connectivity index is 2.11. The van der Waals surface area contributed by atoms with E-state index < -0.39 is 5.56 Å². The van der Waals surface area contributed by atoms with Crippen LogP contribution in [0, 0.1) is 6.92 Å². The summed E-state index contributed by atoms with van der Waals surface area (Å²) in [7, 11) is 0. The summed E-state index contributed by atoms with van der Waals surface area (Å²) < 4.78 is 1.04. The first-order valence-electron chi connectivity index (χ1n) is 5.73. The van der Waals surface area contributed by atoms with Crippen molar-refractivity contribution in [2.24, 2.45) is 10.2 Å². The third-order valence-corrected chi connectivity index (χ3v) is 2.73. The number of nitrogens with two attached hydrogens (primary N) is 1. The van der Waals surface area contributed by atoms with Crippen LogP contribution in [0.3, 0.4) is 0 Å². The van der Waals surface area contributed by atoms with Crippen molar-refractivity contribution >= 4 is 23.0 Å². The first-order chi connectivity index (χ1) is 9.66. The molecule has 0 saturated carbocycles. The number of aryl methyl sites for hydroxylation is 1. The van der Waals surface area contributed by atoms with Crippen LogP contribution in [0.1, 0.15) is 5.56 Å². The second-order valence-corrected chi connectivity index (χ2v) is 4.07. The molecule has 2 heterocycles. The Hall–Kier alpha value is -3.10. The molecule has 0 fully saturated rings. The number of aromatic amines is 1. The van der Waals surface area contributed by atoms with Gasteiger partial charge >= 0.3 is 5.56 Å². The molecule has 9 heteroatoms. The molecule has 0 amide bonds. The van der Waals surface area contributed by atoms with Crippen LogP contribution in [-0.2, 0) is 0 Å². The predicted octanol–water partition coefficient (Wildman–Crippen LogP) is 1.12. The molecule has 20 heavy (non-hydrogen) atoms. The SMILES string of the molecule is Cc1ccccc1N=Nc1c(N)nc2nn[nH]n2c1=O. The predicted molar refractivity (Wildman–Crippen MR) is 71.2 cm³/mol. The number of rotatable bonds is 2. The van der Waals surface area contributed by atoms with Crippen molar-refractivity contribution in [2.45, 2.75) is 6.92 Å². The molecule has 0 spiro atoms. The van der Waals surface area contributed by atoms with E-state index in [9.17, 15) is 4.79 Å². The van der Waals surface area contributed by atoms with Gasteiger partial charge in [0.1, 0.15) is 0 Å². The van der Waals surface area contributed by atoms with E-state index in [0.717, 1.165) is 10.1 Å². The van der Waals surface area contributed by atoms with Crippen LogP contribution in [-0.4, -0.2) is 25.0 Å². The minimum atomic E-state index is -0.505. The van der Waals surface area contributed by atoms with Crippen molar-refractivity contribution < 1.29 is 0 Å². The van der Waals surface area contributed by atoms with Crippen LogP contribution in [0.15, 0.2) is 39.3 Å². The molecule has 0 atom stereocenters. The van der Waals surface area contributed by atoms with Gasteiger partial charge in [-0.1, -0.05) is 23.3 Å². The number of nitrogen functional groups attached to an aromatic ring is 1. The fourth-order valence-electron chi connectivity index (χ4n) is 1.66. The summed E-state index contributed by atoms with van der Waals surface area (Å²) in [6.45, 7) is 1.89. The minimum Gasteiger partial charge on any atom is -0.382 e. The topological polar surface area (TPSA) is 127 Å². The molecule has 9 nitrogen and oxygen atoms in total. The molecule has 1 aromatic carbocycles. The summed E-state index contributed by atoms with van der Waals surface area (Å²) in [6, 6.07) is 7.40. The van der Waals surface area contributed by atoms with Gasteiger partial charge in [-0.15, -0.1) is 10.2 Å². The quantitative estimate of drug-likeness (QED) is 0.674. The van der Waals surface area contributed by atoms with Crippen molar-refractivity contribution in [1.82, 2.24) is 25.0 Å². The molecule has 0 unspecified atom stereocenters. The monoisotopic (exact) mass is 270 g/mol. The van der Waals surface area contributed by atoms with E-state index in [1.165, 1.54) is 0 Å². The van der Waals surface area contributed by atoms with Gasteiger partial charge in [-0.2, -0.15) is 14.7 Å². The lowest BCUT2D eigenvalue weighted by Crippen LogP contribution is -2.16. The summed E-state index contributed by atoms with van der Waals surface area (Å²) in [5, 5.41) is 17.4. The second kappa shape index (κ2) is 4.53. The van der Waals surface area contributed by atoms with Crippen LogP contribution in [0.2, 0.25) is 0 Å².